The minimum absolute atomic E-state index is 0.0345. The van der Waals surface area contributed by atoms with Crippen LogP contribution in [0, 0.1) is 0 Å². The Morgan fingerprint density at radius 1 is 1.42 bits per heavy atom. The fourth-order valence-corrected chi connectivity index (χ4v) is 1.44. The molecule has 1 rings (SSSR count). The number of nitrogens with two attached hydrogens (primary N) is 1. The minimum Gasteiger partial charge on any atom is -0.480 e. The minimum atomic E-state index is -1.18. The monoisotopic (exact) mass is 264 g/mol. The Kier molecular flexibility index (Phi) is 5.56. The first-order valence-electron chi connectivity index (χ1n) is 5.70. The molecule has 0 saturated heterocycles. The molecule has 102 valence electrons. The molecule has 0 aliphatic carbocycles. The molecular weight excluding hydrogens is 248 g/mol. The van der Waals surface area contributed by atoms with Gasteiger partial charge in [-0.25, -0.2) is 4.79 Å². The van der Waals surface area contributed by atoms with Gasteiger partial charge in [-0.2, -0.15) is 0 Å². The van der Waals surface area contributed by atoms with Crippen LogP contribution in [0.2, 0.25) is 0 Å². The Morgan fingerprint density at radius 2 is 2.16 bits per heavy atom. The molecule has 19 heavy (non-hydrogen) atoms. The highest BCUT2D eigenvalue weighted by Gasteiger charge is 2.17. The van der Waals surface area contributed by atoms with Crippen LogP contribution in [0.1, 0.15) is 12.0 Å². The standard InChI is InChI=1S/C13H16N2O4/c14-10-3-1-2-9(8-10)4-5-12(17)15-11(6-7-16)13(18)19/h1-5,8,11,16H,6-7,14H2,(H,15,17)(H,18,19)/b5-4+/t11-/m0/s1. The zero-order chi connectivity index (χ0) is 14.3. The normalized spacial score (nSPS) is 12.3. The van der Waals surface area contributed by atoms with Crippen molar-refractivity contribution >= 4 is 23.6 Å². The molecular formula is C13H16N2O4. The second kappa shape index (κ2) is 7.17. The van der Waals surface area contributed by atoms with Gasteiger partial charge in [0.1, 0.15) is 6.04 Å². The second-order valence-corrected chi connectivity index (χ2v) is 3.92. The van der Waals surface area contributed by atoms with Crippen LogP contribution in [0.5, 0.6) is 0 Å². The van der Waals surface area contributed by atoms with Crippen molar-refractivity contribution < 1.29 is 19.8 Å². The summed E-state index contributed by atoms with van der Waals surface area (Å²) < 4.78 is 0. The summed E-state index contributed by atoms with van der Waals surface area (Å²) >= 11 is 0. The molecule has 0 radical (unpaired) electrons. The third kappa shape index (κ3) is 5.22. The number of carbonyl (C=O) groups excluding carboxylic acids is 1. The highest BCUT2D eigenvalue weighted by molar-refractivity contribution is 5.94. The fourth-order valence-electron chi connectivity index (χ4n) is 1.44. The molecule has 0 heterocycles. The van der Waals surface area contributed by atoms with Crippen LogP contribution in [0.25, 0.3) is 6.08 Å². The van der Waals surface area contributed by atoms with E-state index in [2.05, 4.69) is 5.32 Å². The maximum absolute atomic E-state index is 11.5. The third-order valence-corrected chi connectivity index (χ3v) is 2.37. The number of carboxylic acids is 1. The van der Waals surface area contributed by atoms with Crippen LogP contribution in [0.15, 0.2) is 30.3 Å². The second-order valence-electron chi connectivity index (χ2n) is 3.92. The third-order valence-electron chi connectivity index (χ3n) is 2.37. The number of hydrogen-bond donors (Lipinski definition) is 4. The van der Waals surface area contributed by atoms with Gasteiger partial charge in [-0.3, -0.25) is 4.79 Å². The summed E-state index contributed by atoms with van der Waals surface area (Å²) in [5.74, 6) is -1.72. The number of carbonyl (C=O) groups is 2. The highest BCUT2D eigenvalue weighted by atomic mass is 16.4. The van der Waals surface area contributed by atoms with Gasteiger partial charge in [-0.05, 0) is 23.8 Å². The summed E-state index contributed by atoms with van der Waals surface area (Å²) in [6.45, 7) is -0.309. The average Bonchev–Trinajstić information content (AvgIpc) is 2.36. The molecule has 1 amide bonds. The van der Waals surface area contributed by atoms with Crippen molar-refractivity contribution in [3.63, 3.8) is 0 Å². The van der Waals surface area contributed by atoms with Gasteiger partial charge in [0.05, 0.1) is 0 Å². The number of benzene rings is 1. The largest absolute Gasteiger partial charge is 0.480 e. The number of amides is 1. The predicted octanol–water partition coefficient (Wildman–Crippen LogP) is 0.234. The molecule has 0 saturated carbocycles. The molecule has 1 aromatic carbocycles. The lowest BCUT2D eigenvalue weighted by molar-refractivity contribution is -0.141. The number of aliphatic hydroxyl groups excluding tert-OH is 1. The van der Waals surface area contributed by atoms with Gasteiger partial charge in [0.2, 0.25) is 5.91 Å². The van der Waals surface area contributed by atoms with Crippen LogP contribution in [0.3, 0.4) is 0 Å². The molecule has 5 N–H and O–H groups in total. The summed E-state index contributed by atoms with van der Waals surface area (Å²) in [6, 6.07) is 5.83. The Morgan fingerprint density at radius 3 is 2.74 bits per heavy atom. The first-order valence-corrected chi connectivity index (χ1v) is 5.70. The Bertz CT molecular complexity index is 485. The fraction of sp³-hybridized carbons (Fsp3) is 0.231. The van der Waals surface area contributed by atoms with Crippen molar-refractivity contribution in [2.45, 2.75) is 12.5 Å². The number of nitrogen functional groups attached to an aromatic ring is 1. The Labute approximate surface area is 110 Å². The maximum Gasteiger partial charge on any atom is 0.326 e. The van der Waals surface area contributed by atoms with Gasteiger partial charge < -0.3 is 21.3 Å². The number of hydrogen-bond acceptors (Lipinski definition) is 4. The van der Waals surface area contributed by atoms with Crippen LogP contribution in [-0.4, -0.2) is 34.7 Å². The van der Waals surface area contributed by atoms with E-state index in [1.165, 1.54) is 12.2 Å². The molecule has 0 aliphatic heterocycles. The van der Waals surface area contributed by atoms with Crippen LogP contribution >= 0.6 is 0 Å². The van der Waals surface area contributed by atoms with E-state index in [0.717, 1.165) is 5.56 Å². The van der Waals surface area contributed by atoms with Gasteiger partial charge in [0.25, 0.3) is 0 Å². The van der Waals surface area contributed by atoms with Crippen molar-refractivity contribution in [3.8, 4) is 0 Å². The van der Waals surface area contributed by atoms with Gasteiger partial charge in [-0.15, -0.1) is 0 Å². The number of nitrogens with one attached hydrogen (secondary N) is 1. The number of aliphatic hydroxyl groups is 1. The molecule has 0 bridgehead atoms. The molecule has 0 unspecified atom stereocenters. The maximum atomic E-state index is 11.5. The Hall–Kier alpha value is -2.34. The van der Waals surface area contributed by atoms with Crippen molar-refractivity contribution in [1.29, 1.82) is 0 Å². The van der Waals surface area contributed by atoms with E-state index in [0.29, 0.717) is 5.69 Å². The molecule has 6 nitrogen and oxygen atoms in total. The average molecular weight is 264 g/mol. The highest BCUT2D eigenvalue weighted by Crippen LogP contribution is 2.07. The van der Waals surface area contributed by atoms with Gasteiger partial charge in [0.15, 0.2) is 0 Å². The zero-order valence-electron chi connectivity index (χ0n) is 10.2. The number of carboxylic acid groups (broad SMARTS) is 1. The molecule has 6 heteroatoms. The SMILES string of the molecule is Nc1cccc(/C=C/C(=O)N[C@@H](CCO)C(=O)O)c1. The number of rotatable bonds is 6. The molecule has 1 atom stereocenters. The van der Waals surface area contributed by atoms with Crippen LogP contribution < -0.4 is 11.1 Å². The first-order chi connectivity index (χ1) is 9.02. The summed E-state index contributed by atoms with van der Waals surface area (Å²) in [7, 11) is 0. The summed E-state index contributed by atoms with van der Waals surface area (Å²) in [5, 5.41) is 19.8. The lowest BCUT2D eigenvalue weighted by atomic mass is 10.2. The van der Waals surface area contributed by atoms with Gasteiger partial charge >= 0.3 is 5.97 Å². The quantitative estimate of drug-likeness (QED) is 0.434. The van der Waals surface area contributed by atoms with Crippen LogP contribution in [-0.2, 0) is 9.59 Å². The lowest BCUT2D eigenvalue weighted by Crippen LogP contribution is -2.40. The van der Waals surface area contributed by atoms with E-state index in [-0.39, 0.29) is 13.0 Å². The van der Waals surface area contributed by atoms with Crippen LogP contribution in [0.4, 0.5) is 5.69 Å². The number of anilines is 1. The molecule has 0 spiro atoms. The molecule has 0 fully saturated rings. The van der Waals surface area contributed by atoms with Crippen molar-refractivity contribution in [2.75, 3.05) is 12.3 Å². The van der Waals surface area contributed by atoms with E-state index in [1.807, 2.05) is 0 Å². The summed E-state index contributed by atoms with van der Waals surface area (Å²) in [6.07, 6.45) is 2.72. The van der Waals surface area contributed by atoms with Gasteiger partial charge in [-0.1, -0.05) is 12.1 Å². The first kappa shape index (κ1) is 14.7. The van der Waals surface area contributed by atoms with Crippen molar-refractivity contribution in [1.82, 2.24) is 5.32 Å². The summed E-state index contributed by atoms with van der Waals surface area (Å²) in [5.41, 5.74) is 6.90. The van der Waals surface area contributed by atoms with Crippen molar-refractivity contribution in [3.05, 3.63) is 35.9 Å². The van der Waals surface area contributed by atoms with Crippen molar-refractivity contribution in [2.24, 2.45) is 0 Å². The molecule has 1 aromatic rings. The smallest absolute Gasteiger partial charge is 0.326 e. The van der Waals surface area contributed by atoms with Gasteiger partial charge in [0, 0.05) is 24.8 Å². The number of aliphatic carboxylic acids is 1. The van der Waals surface area contributed by atoms with E-state index < -0.39 is 17.9 Å². The molecule has 0 aliphatic rings. The summed E-state index contributed by atoms with van der Waals surface area (Å²) in [4.78, 5) is 22.3. The zero-order valence-corrected chi connectivity index (χ0v) is 10.2. The van der Waals surface area contributed by atoms with E-state index in [9.17, 15) is 9.59 Å². The van der Waals surface area contributed by atoms with E-state index in [1.54, 1.807) is 24.3 Å². The topological polar surface area (TPSA) is 113 Å². The van der Waals surface area contributed by atoms with E-state index in [4.69, 9.17) is 15.9 Å². The Balaban J connectivity index is 2.61. The lowest BCUT2D eigenvalue weighted by Gasteiger charge is -2.11. The molecule has 0 aromatic heterocycles. The predicted molar refractivity (Wildman–Crippen MR) is 71.2 cm³/mol. The van der Waals surface area contributed by atoms with E-state index >= 15 is 0 Å².